The van der Waals surface area contributed by atoms with E-state index in [-0.39, 0.29) is 24.4 Å². The third-order valence-corrected chi connectivity index (χ3v) is 6.77. The lowest BCUT2D eigenvalue weighted by atomic mass is 9.86. The van der Waals surface area contributed by atoms with Crippen molar-refractivity contribution in [2.45, 2.75) is 31.7 Å². The van der Waals surface area contributed by atoms with E-state index in [0.717, 1.165) is 32.2 Å². The van der Waals surface area contributed by atoms with Crippen LogP contribution in [0.1, 0.15) is 47.9 Å². The Morgan fingerprint density at radius 1 is 0.938 bits per heavy atom. The van der Waals surface area contributed by atoms with Gasteiger partial charge in [0, 0.05) is 13.1 Å². The fraction of sp³-hybridized carbons (Fsp3) is 0.333. The molecule has 2 saturated heterocycles. The van der Waals surface area contributed by atoms with Crippen LogP contribution >= 0.6 is 0 Å². The quantitative estimate of drug-likeness (QED) is 0.673. The number of hydrogen-bond acceptors (Lipinski definition) is 3. The molecule has 5 rings (SSSR count). The first-order chi connectivity index (χ1) is 15.7. The number of carbonyl (C=O) groups excluding carboxylic acids is 2. The molecule has 2 N–H and O–H groups in total. The Morgan fingerprint density at radius 3 is 2.16 bits per heavy atom. The third-order valence-electron chi connectivity index (χ3n) is 6.77. The van der Waals surface area contributed by atoms with E-state index < -0.39 is 0 Å². The van der Waals surface area contributed by atoms with Gasteiger partial charge in [-0.1, -0.05) is 66.3 Å². The summed E-state index contributed by atoms with van der Waals surface area (Å²) in [4.78, 5) is 26.8. The molecule has 0 saturated carbocycles. The Bertz CT molecular complexity index is 1030. The van der Waals surface area contributed by atoms with Crippen LogP contribution in [0.15, 0.2) is 54.1 Å². The highest BCUT2D eigenvalue weighted by Gasteiger charge is 2.26. The number of nitrogens with one attached hydrogen (secondary N) is 2. The van der Waals surface area contributed by atoms with Crippen molar-refractivity contribution >= 4 is 29.5 Å². The maximum absolute atomic E-state index is 12.7. The van der Waals surface area contributed by atoms with E-state index in [1.165, 1.54) is 33.4 Å². The number of rotatable bonds is 3. The van der Waals surface area contributed by atoms with Crippen molar-refractivity contribution in [1.29, 1.82) is 0 Å². The van der Waals surface area contributed by atoms with Crippen molar-refractivity contribution in [3.05, 3.63) is 76.4 Å². The molecule has 0 unspecified atom stereocenters. The van der Waals surface area contributed by atoms with Crippen LogP contribution in [0.3, 0.4) is 0 Å². The Kier molecular flexibility index (Phi) is 5.91. The second-order valence-electron chi connectivity index (χ2n) is 8.73. The second-order valence-corrected chi connectivity index (χ2v) is 8.73. The molecule has 1 aliphatic carbocycles. The van der Waals surface area contributed by atoms with Crippen molar-refractivity contribution in [2.24, 2.45) is 0 Å². The van der Waals surface area contributed by atoms with E-state index in [1.54, 1.807) is 0 Å². The van der Waals surface area contributed by atoms with Gasteiger partial charge in [-0.15, -0.1) is 0 Å². The van der Waals surface area contributed by atoms with Crippen LogP contribution in [0.25, 0.3) is 17.7 Å². The van der Waals surface area contributed by atoms with Crippen LogP contribution < -0.4 is 10.6 Å². The zero-order valence-electron chi connectivity index (χ0n) is 18.3. The zero-order valence-corrected chi connectivity index (χ0v) is 18.3. The molecule has 0 aromatic heterocycles. The summed E-state index contributed by atoms with van der Waals surface area (Å²) < 4.78 is 0. The lowest BCUT2D eigenvalue weighted by Crippen LogP contribution is -2.47. The van der Waals surface area contributed by atoms with Crippen molar-refractivity contribution < 1.29 is 9.59 Å². The summed E-state index contributed by atoms with van der Waals surface area (Å²) in [6.07, 6.45) is 7.95. The average Bonchev–Trinajstić information content (AvgIpc) is 3.33. The molecule has 2 amide bonds. The van der Waals surface area contributed by atoms with E-state index in [9.17, 15) is 9.59 Å². The average molecular weight is 428 g/mol. The van der Waals surface area contributed by atoms with E-state index in [4.69, 9.17) is 0 Å². The van der Waals surface area contributed by atoms with Crippen molar-refractivity contribution in [2.75, 3.05) is 26.2 Å². The number of benzene rings is 2. The van der Waals surface area contributed by atoms with Crippen LogP contribution in [0.2, 0.25) is 0 Å². The van der Waals surface area contributed by atoms with E-state index >= 15 is 0 Å². The predicted molar refractivity (Wildman–Crippen MR) is 128 cm³/mol. The van der Waals surface area contributed by atoms with Gasteiger partial charge in [0.15, 0.2) is 0 Å². The molecule has 5 heteroatoms. The Morgan fingerprint density at radius 2 is 1.56 bits per heavy atom. The normalized spacial score (nSPS) is 19.9. The highest BCUT2D eigenvalue weighted by Crippen LogP contribution is 2.38. The van der Waals surface area contributed by atoms with Gasteiger partial charge in [0.25, 0.3) is 0 Å². The maximum Gasteiger partial charge on any atom is 0.241 e. The van der Waals surface area contributed by atoms with Crippen molar-refractivity contribution in [3.63, 3.8) is 0 Å². The molecule has 2 aromatic carbocycles. The van der Waals surface area contributed by atoms with Gasteiger partial charge in [-0.2, -0.15) is 0 Å². The fourth-order valence-corrected chi connectivity index (χ4v) is 5.03. The highest BCUT2D eigenvalue weighted by molar-refractivity contribution is 5.95. The Labute approximate surface area is 189 Å². The minimum Gasteiger partial charge on any atom is -0.346 e. The lowest BCUT2D eigenvalue weighted by molar-refractivity contribution is -0.133. The summed E-state index contributed by atoms with van der Waals surface area (Å²) in [6, 6.07) is 16.9. The summed E-state index contributed by atoms with van der Waals surface area (Å²) >= 11 is 0. The number of fused-ring (bicyclic) bond motifs is 2. The van der Waals surface area contributed by atoms with Gasteiger partial charge in [0.1, 0.15) is 0 Å². The number of likely N-dealkylation sites (tertiary alicyclic amines) is 1. The molecule has 2 aliphatic heterocycles. The largest absolute Gasteiger partial charge is 0.346 e. The van der Waals surface area contributed by atoms with Gasteiger partial charge in [-0.25, -0.2) is 0 Å². The fourth-order valence-electron chi connectivity index (χ4n) is 5.03. The van der Waals surface area contributed by atoms with Crippen LogP contribution in [0.5, 0.6) is 0 Å². The van der Waals surface area contributed by atoms with Crippen LogP contribution in [-0.2, 0) is 9.59 Å². The number of carbonyl (C=O) groups is 2. The summed E-state index contributed by atoms with van der Waals surface area (Å²) in [7, 11) is 0. The SMILES string of the molecule is O=C(NCC(=O)N1CCC(=C2c3ccccc3C=Cc3ccccc32)CC1)[C@H]1CCCN1. The predicted octanol–water partition coefficient (Wildman–Crippen LogP) is 3.46. The molecule has 0 radical (unpaired) electrons. The Balaban J connectivity index is 1.32. The zero-order chi connectivity index (χ0) is 21.9. The summed E-state index contributed by atoms with van der Waals surface area (Å²) in [5.41, 5.74) is 7.70. The standard InChI is InChI=1S/C27H29N3O2/c31-25(18-29-27(32)24-10-5-15-28-24)30-16-13-21(14-17-30)26-22-8-3-1-6-19(22)11-12-20-7-2-4-9-23(20)26/h1-4,6-9,11-12,24,28H,5,10,13-18H2,(H,29,32)/t24-/m1/s1. The van der Waals surface area contributed by atoms with E-state index in [2.05, 4.69) is 71.3 Å². The van der Waals surface area contributed by atoms with Crippen molar-refractivity contribution in [3.8, 4) is 0 Å². The number of hydrogen-bond donors (Lipinski definition) is 2. The first kappa shape index (κ1) is 20.7. The first-order valence-electron chi connectivity index (χ1n) is 11.6. The molecule has 3 aliphatic rings. The molecule has 5 nitrogen and oxygen atoms in total. The third kappa shape index (κ3) is 4.13. The van der Waals surface area contributed by atoms with Gasteiger partial charge in [0.05, 0.1) is 12.6 Å². The van der Waals surface area contributed by atoms with Gasteiger partial charge in [-0.05, 0) is 60.1 Å². The molecule has 32 heavy (non-hydrogen) atoms. The highest BCUT2D eigenvalue weighted by atomic mass is 16.2. The topological polar surface area (TPSA) is 61.4 Å². The molecular formula is C27H29N3O2. The summed E-state index contributed by atoms with van der Waals surface area (Å²) in [5, 5.41) is 5.99. The minimum absolute atomic E-state index is 0.00345. The molecule has 0 spiro atoms. The number of piperidine rings is 1. The van der Waals surface area contributed by atoms with Crippen LogP contribution in [-0.4, -0.2) is 48.9 Å². The van der Waals surface area contributed by atoms with Gasteiger partial charge in [-0.3, -0.25) is 9.59 Å². The minimum atomic E-state index is -0.149. The van der Waals surface area contributed by atoms with Gasteiger partial charge < -0.3 is 15.5 Å². The Hall–Kier alpha value is -3.18. The first-order valence-corrected chi connectivity index (χ1v) is 11.6. The monoisotopic (exact) mass is 427 g/mol. The smallest absolute Gasteiger partial charge is 0.241 e. The molecule has 164 valence electrons. The van der Waals surface area contributed by atoms with Gasteiger partial charge >= 0.3 is 0 Å². The lowest BCUT2D eigenvalue weighted by Gasteiger charge is -2.31. The molecule has 2 fully saturated rings. The van der Waals surface area contributed by atoms with E-state index in [0.29, 0.717) is 13.1 Å². The molecule has 1 atom stereocenters. The number of nitrogens with zero attached hydrogens (tertiary/aromatic N) is 1. The number of amides is 2. The molecular weight excluding hydrogens is 398 g/mol. The van der Waals surface area contributed by atoms with Crippen LogP contribution in [0, 0.1) is 0 Å². The van der Waals surface area contributed by atoms with Crippen molar-refractivity contribution in [1.82, 2.24) is 15.5 Å². The summed E-state index contributed by atoms with van der Waals surface area (Å²) in [5.74, 6) is -0.0569. The van der Waals surface area contributed by atoms with Gasteiger partial charge in [0.2, 0.25) is 11.8 Å². The second kappa shape index (κ2) is 9.13. The summed E-state index contributed by atoms with van der Waals surface area (Å²) in [6.45, 7) is 2.33. The van der Waals surface area contributed by atoms with E-state index in [1.807, 2.05) is 4.90 Å². The maximum atomic E-state index is 12.7. The molecule has 0 bridgehead atoms. The molecule has 2 aromatic rings. The van der Waals surface area contributed by atoms with Crippen LogP contribution in [0.4, 0.5) is 0 Å². The molecule has 2 heterocycles.